The molecule has 0 aliphatic carbocycles. The fourth-order valence-corrected chi connectivity index (χ4v) is 2.76. The standard InChI is InChI=1S/C16H11F2NO3/c17-10-2-1-8(3-11(10)18)12-5-14(20)9-4-15-16(22-7-21-15)6-13(9)19-12/h1-4,6,12,19H,5,7H2. The van der Waals surface area contributed by atoms with Crippen LogP contribution in [0.3, 0.4) is 0 Å². The second-order valence-electron chi connectivity index (χ2n) is 5.25. The SMILES string of the molecule is O=C1CC(c2ccc(F)c(F)c2)Nc2cc3c(cc21)OCO3. The van der Waals surface area contributed by atoms with Gasteiger partial charge >= 0.3 is 0 Å². The van der Waals surface area contributed by atoms with Crippen LogP contribution in [0.15, 0.2) is 30.3 Å². The summed E-state index contributed by atoms with van der Waals surface area (Å²) in [5.41, 5.74) is 1.65. The third-order valence-corrected chi connectivity index (χ3v) is 3.88. The van der Waals surface area contributed by atoms with E-state index in [1.807, 2.05) is 0 Å². The van der Waals surface area contributed by atoms with Crippen LogP contribution < -0.4 is 14.8 Å². The van der Waals surface area contributed by atoms with E-state index in [9.17, 15) is 13.6 Å². The van der Waals surface area contributed by atoms with Gasteiger partial charge in [0.25, 0.3) is 0 Å². The van der Waals surface area contributed by atoms with Gasteiger partial charge in [-0.1, -0.05) is 6.07 Å². The average molecular weight is 303 g/mol. The second-order valence-corrected chi connectivity index (χ2v) is 5.25. The van der Waals surface area contributed by atoms with Crippen LogP contribution in [-0.4, -0.2) is 12.6 Å². The Kier molecular flexibility index (Phi) is 2.79. The Bertz CT molecular complexity index is 791. The van der Waals surface area contributed by atoms with Gasteiger partial charge in [-0.15, -0.1) is 0 Å². The fraction of sp³-hybridized carbons (Fsp3) is 0.188. The maximum absolute atomic E-state index is 13.4. The van der Waals surface area contributed by atoms with Gasteiger partial charge in [0.1, 0.15) is 0 Å². The van der Waals surface area contributed by atoms with E-state index in [1.54, 1.807) is 12.1 Å². The number of hydrogen-bond acceptors (Lipinski definition) is 4. The smallest absolute Gasteiger partial charge is 0.231 e. The number of ether oxygens (including phenoxy) is 2. The zero-order chi connectivity index (χ0) is 15.3. The Balaban J connectivity index is 1.72. The van der Waals surface area contributed by atoms with Crippen LogP contribution in [0.2, 0.25) is 0 Å². The lowest BCUT2D eigenvalue weighted by Crippen LogP contribution is -2.23. The van der Waals surface area contributed by atoms with E-state index < -0.39 is 17.7 Å². The molecule has 2 aliphatic rings. The van der Waals surface area contributed by atoms with E-state index in [1.165, 1.54) is 6.07 Å². The molecule has 4 nitrogen and oxygen atoms in total. The van der Waals surface area contributed by atoms with Gasteiger partial charge in [0.15, 0.2) is 28.9 Å². The van der Waals surface area contributed by atoms with Gasteiger partial charge in [0.05, 0.1) is 6.04 Å². The van der Waals surface area contributed by atoms with E-state index in [0.29, 0.717) is 28.3 Å². The number of fused-ring (bicyclic) bond motifs is 2. The third kappa shape index (κ3) is 1.99. The van der Waals surface area contributed by atoms with Crippen LogP contribution in [-0.2, 0) is 0 Å². The van der Waals surface area contributed by atoms with Crippen molar-refractivity contribution in [2.45, 2.75) is 12.5 Å². The highest BCUT2D eigenvalue weighted by atomic mass is 19.2. The highest BCUT2D eigenvalue weighted by molar-refractivity contribution is 6.04. The predicted molar refractivity (Wildman–Crippen MR) is 74.2 cm³/mol. The summed E-state index contributed by atoms with van der Waals surface area (Å²) >= 11 is 0. The average Bonchev–Trinajstić information content (AvgIpc) is 2.95. The number of carbonyl (C=O) groups is 1. The summed E-state index contributed by atoms with van der Waals surface area (Å²) in [6.07, 6.45) is 0.164. The number of carbonyl (C=O) groups excluding carboxylic acids is 1. The molecule has 112 valence electrons. The van der Waals surface area contributed by atoms with Crippen molar-refractivity contribution in [2.75, 3.05) is 12.1 Å². The summed E-state index contributed by atoms with van der Waals surface area (Å²) in [5.74, 6) is -0.815. The number of benzene rings is 2. The molecule has 2 aromatic rings. The molecule has 0 radical (unpaired) electrons. The molecule has 0 aromatic heterocycles. The quantitative estimate of drug-likeness (QED) is 0.877. The van der Waals surface area contributed by atoms with Gasteiger partial charge in [-0.05, 0) is 23.8 Å². The number of anilines is 1. The summed E-state index contributed by atoms with van der Waals surface area (Å²) in [4.78, 5) is 12.3. The van der Waals surface area contributed by atoms with Gasteiger partial charge < -0.3 is 14.8 Å². The maximum Gasteiger partial charge on any atom is 0.231 e. The molecule has 0 fully saturated rings. The van der Waals surface area contributed by atoms with E-state index in [-0.39, 0.29) is 19.0 Å². The molecule has 0 saturated heterocycles. The predicted octanol–water partition coefficient (Wildman–Crippen LogP) is 3.43. The number of Topliss-reactive ketones (excluding diaryl/α,β-unsaturated/α-hetero) is 1. The largest absolute Gasteiger partial charge is 0.454 e. The summed E-state index contributed by atoms with van der Waals surface area (Å²) in [7, 11) is 0. The maximum atomic E-state index is 13.4. The lowest BCUT2D eigenvalue weighted by molar-refractivity contribution is 0.0971. The van der Waals surface area contributed by atoms with Crippen molar-refractivity contribution >= 4 is 11.5 Å². The van der Waals surface area contributed by atoms with Crippen LogP contribution in [0, 0.1) is 11.6 Å². The summed E-state index contributed by atoms with van der Waals surface area (Å²) in [6, 6.07) is 6.58. The first-order chi connectivity index (χ1) is 10.6. The van der Waals surface area contributed by atoms with Gasteiger partial charge in [-0.3, -0.25) is 4.79 Å². The van der Waals surface area contributed by atoms with Crippen LogP contribution in [0.5, 0.6) is 11.5 Å². The zero-order valence-electron chi connectivity index (χ0n) is 11.4. The molecule has 2 aliphatic heterocycles. The van der Waals surface area contributed by atoms with Crippen molar-refractivity contribution in [2.24, 2.45) is 0 Å². The van der Waals surface area contributed by atoms with Crippen LogP contribution >= 0.6 is 0 Å². The van der Waals surface area contributed by atoms with Crippen LogP contribution in [0.1, 0.15) is 28.4 Å². The second kappa shape index (κ2) is 4.69. The molecule has 0 bridgehead atoms. The van der Waals surface area contributed by atoms with Crippen molar-refractivity contribution in [1.29, 1.82) is 0 Å². The zero-order valence-corrected chi connectivity index (χ0v) is 11.4. The first kappa shape index (κ1) is 13.1. The van der Waals surface area contributed by atoms with Gasteiger partial charge in [-0.2, -0.15) is 0 Å². The number of ketones is 1. The minimum Gasteiger partial charge on any atom is -0.454 e. The first-order valence-electron chi connectivity index (χ1n) is 6.80. The molecule has 0 saturated carbocycles. The lowest BCUT2D eigenvalue weighted by atomic mass is 9.92. The monoisotopic (exact) mass is 303 g/mol. The normalized spacial score (nSPS) is 18.8. The highest BCUT2D eigenvalue weighted by Crippen LogP contribution is 2.41. The Labute approximate surface area is 124 Å². The van der Waals surface area contributed by atoms with Crippen molar-refractivity contribution in [3.63, 3.8) is 0 Å². The molecule has 2 aromatic carbocycles. The lowest BCUT2D eigenvalue weighted by Gasteiger charge is -2.26. The summed E-state index contributed by atoms with van der Waals surface area (Å²) < 4.78 is 37.0. The third-order valence-electron chi connectivity index (χ3n) is 3.88. The molecule has 6 heteroatoms. The first-order valence-corrected chi connectivity index (χ1v) is 6.80. The summed E-state index contributed by atoms with van der Waals surface area (Å²) in [6.45, 7) is 0.124. The molecule has 1 unspecified atom stereocenters. The van der Waals surface area contributed by atoms with Crippen LogP contribution in [0.25, 0.3) is 0 Å². The van der Waals surface area contributed by atoms with Gasteiger partial charge in [0, 0.05) is 23.7 Å². The Morgan fingerprint density at radius 2 is 1.82 bits per heavy atom. The summed E-state index contributed by atoms with van der Waals surface area (Å²) in [5, 5.41) is 3.17. The van der Waals surface area contributed by atoms with Crippen molar-refractivity contribution in [3.05, 3.63) is 53.1 Å². The molecule has 22 heavy (non-hydrogen) atoms. The van der Waals surface area contributed by atoms with E-state index in [0.717, 1.165) is 12.1 Å². The fourth-order valence-electron chi connectivity index (χ4n) is 2.76. The minimum atomic E-state index is -0.928. The highest BCUT2D eigenvalue weighted by Gasteiger charge is 2.29. The Morgan fingerprint density at radius 1 is 1.05 bits per heavy atom. The van der Waals surface area contributed by atoms with Crippen molar-refractivity contribution in [3.8, 4) is 11.5 Å². The molecular formula is C16H11F2NO3. The molecule has 1 N–H and O–H groups in total. The van der Waals surface area contributed by atoms with E-state index in [2.05, 4.69) is 5.32 Å². The Morgan fingerprint density at radius 3 is 2.59 bits per heavy atom. The molecule has 0 spiro atoms. The number of hydrogen-bond donors (Lipinski definition) is 1. The molecule has 4 rings (SSSR count). The Hall–Kier alpha value is -2.63. The molecule has 0 amide bonds. The van der Waals surface area contributed by atoms with Crippen LogP contribution in [0.4, 0.5) is 14.5 Å². The number of nitrogens with one attached hydrogen (secondary N) is 1. The molecular weight excluding hydrogens is 292 g/mol. The van der Waals surface area contributed by atoms with Crippen molar-refractivity contribution in [1.82, 2.24) is 0 Å². The number of rotatable bonds is 1. The minimum absolute atomic E-state index is 0.0817. The number of halogens is 2. The van der Waals surface area contributed by atoms with E-state index in [4.69, 9.17) is 9.47 Å². The van der Waals surface area contributed by atoms with Crippen molar-refractivity contribution < 1.29 is 23.0 Å². The van der Waals surface area contributed by atoms with E-state index >= 15 is 0 Å². The topological polar surface area (TPSA) is 47.6 Å². The molecule has 2 heterocycles. The van der Waals surface area contributed by atoms with Gasteiger partial charge in [-0.25, -0.2) is 8.78 Å². The molecule has 1 atom stereocenters. The van der Waals surface area contributed by atoms with Gasteiger partial charge in [0.2, 0.25) is 6.79 Å².